The molecule has 108 valence electrons. The first kappa shape index (κ1) is 15.0. The summed E-state index contributed by atoms with van der Waals surface area (Å²) in [6.07, 6.45) is 2.42. The van der Waals surface area contributed by atoms with Crippen LogP contribution in [0.4, 0.5) is 0 Å². The molecule has 0 unspecified atom stereocenters. The molecule has 1 aliphatic heterocycles. The van der Waals surface area contributed by atoms with Gasteiger partial charge in [-0.25, -0.2) is 0 Å². The van der Waals surface area contributed by atoms with Crippen LogP contribution in [0, 0.1) is 6.92 Å². The lowest BCUT2D eigenvalue weighted by Crippen LogP contribution is -2.30. The summed E-state index contributed by atoms with van der Waals surface area (Å²) < 4.78 is 0.801. The van der Waals surface area contributed by atoms with E-state index < -0.39 is 0 Å². The van der Waals surface area contributed by atoms with Crippen LogP contribution < -0.4 is 5.32 Å². The molecule has 0 bridgehead atoms. The fraction of sp³-hybridized carbons (Fsp3) is 0.467. The van der Waals surface area contributed by atoms with Gasteiger partial charge in [0.05, 0.1) is 5.56 Å². The van der Waals surface area contributed by atoms with E-state index in [4.69, 9.17) is 0 Å². The largest absolute Gasteiger partial charge is 0.352 e. The van der Waals surface area contributed by atoms with Crippen molar-refractivity contribution in [2.45, 2.75) is 26.2 Å². The number of aryl methyl sites for hydroxylation is 1. The topological polar surface area (TPSA) is 49.4 Å². The van der Waals surface area contributed by atoms with Crippen molar-refractivity contribution in [3.63, 3.8) is 0 Å². The Balaban J connectivity index is 1.77. The predicted octanol–water partition coefficient (Wildman–Crippen LogP) is 2.50. The number of nitrogens with zero attached hydrogens (tertiary/aromatic N) is 1. The zero-order valence-electron chi connectivity index (χ0n) is 11.6. The molecule has 1 aromatic rings. The number of amides is 2. The van der Waals surface area contributed by atoms with Crippen LogP contribution in [-0.2, 0) is 4.79 Å². The number of rotatable bonds is 5. The summed E-state index contributed by atoms with van der Waals surface area (Å²) in [4.78, 5) is 25.4. The average Bonchev–Trinajstić information content (AvgIpc) is 2.83. The van der Waals surface area contributed by atoms with Gasteiger partial charge in [-0.15, -0.1) is 0 Å². The van der Waals surface area contributed by atoms with Gasteiger partial charge in [-0.3, -0.25) is 9.59 Å². The highest BCUT2D eigenvalue weighted by atomic mass is 79.9. The molecule has 1 aromatic carbocycles. The van der Waals surface area contributed by atoms with Crippen LogP contribution in [0.25, 0.3) is 0 Å². The number of carbonyl (C=O) groups is 2. The molecule has 0 spiro atoms. The summed E-state index contributed by atoms with van der Waals surface area (Å²) in [5.74, 6) is 0.158. The molecular weight excluding hydrogens is 320 g/mol. The lowest BCUT2D eigenvalue weighted by Gasteiger charge is -2.15. The Morgan fingerprint density at radius 3 is 2.95 bits per heavy atom. The highest BCUT2D eigenvalue weighted by Crippen LogP contribution is 2.18. The Kier molecular flexibility index (Phi) is 5.17. The van der Waals surface area contributed by atoms with Gasteiger partial charge in [0.1, 0.15) is 0 Å². The number of likely N-dealkylation sites (tertiary alicyclic amines) is 1. The van der Waals surface area contributed by atoms with Gasteiger partial charge in [-0.2, -0.15) is 0 Å². The van der Waals surface area contributed by atoms with Crippen LogP contribution in [0.5, 0.6) is 0 Å². The number of carbonyl (C=O) groups excluding carboxylic acids is 2. The lowest BCUT2D eigenvalue weighted by molar-refractivity contribution is -0.127. The molecule has 0 atom stereocenters. The van der Waals surface area contributed by atoms with E-state index in [0.717, 1.165) is 36.0 Å². The van der Waals surface area contributed by atoms with Crippen molar-refractivity contribution in [2.75, 3.05) is 19.6 Å². The molecular formula is C15H19BrN2O2. The van der Waals surface area contributed by atoms with Crippen molar-refractivity contribution in [3.05, 3.63) is 33.8 Å². The van der Waals surface area contributed by atoms with Crippen LogP contribution in [0.3, 0.4) is 0 Å². The van der Waals surface area contributed by atoms with Gasteiger partial charge >= 0.3 is 0 Å². The van der Waals surface area contributed by atoms with E-state index in [9.17, 15) is 9.59 Å². The van der Waals surface area contributed by atoms with E-state index >= 15 is 0 Å². The van der Waals surface area contributed by atoms with Crippen LogP contribution in [0.15, 0.2) is 22.7 Å². The van der Waals surface area contributed by atoms with Crippen LogP contribution in [0.1, 0.15) is 35.2 Å². The summed E-state index contributed by atoms with van der Waals surface area (Å²) >= 11 is 3.39. The predicted molar refractivity (Wildman–Crippen MR) is 81.6 cm³/mol. The molecule has 2 amide bonds. The first-order chi connectivity index (χ1) is 9.58. The average molecular weight is 339 g/mol. The molecule has 2 rings (SSSR count). The minimum atomic E-state index is -0.0756. The second-order valence-electron chi connectivity index (χ2n) is 5.08. The van der Waals surface area contributed by atoms with E-state index in [1.165, 1.54) is 0 Å². The summed E-state index contributed by atoms with van der Waals surface area (Å²) in [6, 6.07) is 5.70. The Bertz CT molecular complexity index is 517. The zero-order chi connectivity index (χ0) is 14.5. The van der Waals surface area contributed by atoms with Crippen molar-refractivity contribution in [1.29, 1.82) is 0 Å². The van der Waals surface area contributed by atoms with E-state index in [1.54, 1.807) is 0 Å². The first-order valence-corrected chi connectivity index (χ1v) is 7.69. The van der Waals surface area contributed by atoms with Crippen molar-refractivity contribution >= 4 is 27.7 Å². The molecule has 5 heteroatoms. The highest BCUT2D eigenvalue weighted by Gasteiger charge is 2.19. The summed E-state index contributed by atoms with van der Waals surface area (Å²) in [5, 5.41) is 2.90. The maximum atomic E-state index is 12.1. The summed E-state index contributed by atoms with van der Waals surface area (Å²) in [6.45, 7) is 4.13. The number of benzene rings is 1. The quantitative estimate of drug-likeness (QED) is 0.838. The Morgan fingerprint density at radius 2 is 2.25 bits per heavy atom. The monoisotopic (exact) mass is 338 g/mol. The van der Waals surface area contributed by atoms with Gasteiger partial charge in [-0.1, -0.05) is 11.6 Å². The van der Waals surface area contributed by atoms with E-state index in [2.05, 4.69) is 21.2 Å². The molecule has 1 heterocycles. The standard InChI is InChI=1S/C15H19BrN2O2/c1-11-5-6-13(16)12(10-11)15(20)17-7-3-9-18-8-2-4-14(18)19/h5-6,10H,2-4,7-9H2,1H3,(H,17,20). The second-order valence-corrected chi connectivity index (χ2v) is 5.93. The maximum absolute atomic E-state index is 12.1. The molecule has 4 nitrogen and oxygen atoms in total. The van der Waals surface area contributed by atoms with Gasteiger partial charge in [0.25, 0.3) is 5.91 Å². The van der Waals surface area contributed by atoms with E-state index in [1.807, 2.05) is 30.0 Å². The van der Waals surface area contributed by atoms with Crippen LogP contribution in [-0.4, -0.2) is 36.3 Å². The van der Waals surface area contributed by atoms with Gasteiger partial charge < -0.3 is 10.2 Å². The zero-order valence-corrected chi connectivity index (χ0v) is 13.2. The molecule has 0 saturated carbocycles. The molecule has 1 N–H and O–H groups in total. The Labute approximate surface area is 127 Å². The minimum Gasteiger partial charge on any atom is -0.352 e. The SMILES string of the molecule is Cc1ccc(Br)c(C(=O)NCCCN2CCCC2=O)c1. The Hall–Kier alpha value is -1.36. The van der Waals surface area contributed by atoms with Crippen molar-refractivity contribution in [2.24, 2.45) is 0 Å². The molecule has 20 heavy (non-hydrogen) atoms. The fourth-order valence-electron chi connectivity index (χ4n) is 2.32. The van der Waals surface area contributed by atoms with Gasteiger partial charge in [0.15, 0.2) is 0 Å². The second kappa shape index (κ2) is 6.88. The molecule has 0 aromatic heterocycles. The molecule has 0 radical (unpaired) electrons. The highest BCUT2D eigenvalue weighted by molar-refractivity contribution is 9.10. The Morgan fingerprint density at radius 1 is 1.45 bits per heavy atom. The third-order valence-electron chi connectivity index (χ3n) is 3.43. The molecule has 1 aliphatic rings. The smallest absolute Gasteiger partial charge is 0.252 e. The summed E-state index contributed by atoms with van der Waals surface area (Å²) in [5.41, 5.74) is 1.71. The first-order valence-electron chi connectivity index (χ1n) is 6.90. The number of hydrogen-bond donors (Lipinski definition) is 1. The number of halogens is 1. The van der Waals surface area contributed by atoms with E-state index in [-0.39, 0.29) is 11.8 Å². The van der Waals surface area contributed by atoms with Crippen molar-refractivity contribution in [3.8, 4) is 0 Å². The van der Waals surface area contributed by atoms with Crippen molar-refractivity contribution < 1.29 is 9.59 Å². The number of hydrogen-bond acceptors (Lipinski definition) is 2. The minimum absolute atomic E-state index is 0.0756. The van der Waals surface area contributed by atoms with Crippen LogP contribution in [0.2, 0.25) is 0 Å². The summed E-state index contributed by atoms with van der Waals surface area (Å²) in [7, 11) is 0. The molecule has 1 fully saturated rings. The van der Waals surface area contributed by atoms with Gasteiger partial charge in [0, 0.05) is 30.5 Å². The lowest BCUT2D eigenvalue weighted by atomic mass is 10.1. The molecule has 0 aliphatic carbocycles. The van der Waals surface area contributed by atoms with Gasteiger partial charge in [0.2, 0.25) is 5.91 Å². The van der Waals surface area contributed by atoms with Gasteiger partial charge in [-0.05, 0) is 47.8 Å². The number of nitrogens with one attached hydrogen (secondary N) is 1. The van der Waals surface area contributed by atoms with Crippen molar-refractivity contribution in [1.82, 2.24) is 10.2 Å². The van der Waals surface area contributed by atoms with Crippen LogP contribution >= 0.6 is 15.9 Å². The normalized spacial score (nSPS) is 14.7. The maximum Gasteiger partial charge on any atom is 0.252 e. The molecule has 1 saturated heterocycles. The third-order valence-corrected chi connectivity index (χ3v) is 4.12. The third kappa shape index (κ3) is 3.82. The van der Waals surface area contributed by atoms with E-state index in [0.29, 0.717) is 18.5 Å². The fourth-order valence-corrected chi connectivity index (χ4v) is 2.75.